The topological polar surface area (TPSA) is 3.24 Å². The van der Waals surface area contributed by atoms with Crippen molar-refractivity contribution in [3.8, 4) is 44.5 Å². The molecule has 0 heterocycles. The van der Waals surface area contributed by atoms with Crippen molar-refractivity contribution in [3.63, 3.8) is 0 Å². The van der Waals surface area contributed by atoms with Crippen LogP contribution in [0.1, 0.15) is 25.0 Å². The van der Waals surface area contributed by atoms with Crippen molar-refractivity contribution in [2.45, 2.75) is 19.3 Å². The third-order valence-electron chi connectivity index (χ3n) is 11.5. The summed E-state index contributed by atoms with van der Waals surface area (Å²) < 4.78 is 0. The van der Waals surface area contributed by atoms with Crippen molar-refractivity contribution in [2.75, 3.05) is 4.90 Å². The van der Waals surface area contributed by atoms with E-state index in [9.17, 15) is 0 Å². The van der Waals surface area contributed by atoms with Crippen LogP contribution in [-0.4, -0.2) is 0 Å². The van der Waals surface area contributed by atoms with E-state index >= 15 is 0 Å². The lowest BCUT2D eigenvalue weighted by Gasteiger charge is -2.29. The lowest BCUT2D eigenvalue weighted by atomic mass is 9.82. The number of benzene rings is 9. The van der Waals surface area contributed by atoms with E-state index in [-0.39, 0.29) is 5.41 Å². The first-order chi connectivity index (χ1) is 26.6. The molecule has 1 nitrogen and oxygen atoms in total. The standard InChI is InChI=1S/C53H39N/c1-53(2)48-24-12-10-22-47(48)52-46(23-14-25-49(52)53)45-21-11-13-26-50(45)54(42-33-27-36-15-6-7-19-40(36)35-42)41-31-28-38(29-32-41)44-34-30-37-16-8-9-20-43(37)51(44)39-17-4-3-5-18-39/h3-35H,1-2H3. The van der Waals surface area contributed by atoms with Gasteiger partial charge in [-0.3, -0.25) is 0 Å². The zero-order valence-electron chi connectivity index (χ0n) is 30.5. The molecule has 0 unspecified atom stereocenters. The SMILES string of the molecule is CC1(C)c2ccccc2-c2c(-c3ccccc3N(c3ccc(-c4ccc5ccccc5c4-c4ccccc4)cc3)c3ccc4ccccc4c3)cccc21. The summed E-state index contributed by atoms with van der Waals surface area (Å²) in [6, 6.07) is 73.4. The van der Waals surface area contributed by atoms with Gasteiger partial charge in [-0.05, 0) is 102 Å². The van der Waals surface area contributed by atoms with Crippen molar-refractivity contribution < 1.29 is 0 Å². The van der Waals surface area contributed by atoms with Crippen LogP contribution in [0.4, 0.5) is 17.1 Å². The maximum atomic E-state index is 2.44. The molecule has 10 rings (SSSR count). The van der Waals surface area contributed by atoms with E-state index in [1.54, 1.807) is 0 Å². The molecule has 0 aliphatic heterocycles. The number of nitrogens with zero attached hydrogens (tertiary/aromatic N) is 1. The average molecular weight is 690 g/mol. The Morgan fingerprint density at radius 2 is 0.963 bits per heavy atom. The highest BCUT2D eigenvalue weighted by Crippen LogP contribution is 2.54. The summed E-state index contributed by atoms with van der Waals surface area (Å²) in [5, 5.41) is 4.95. The second kappa shape index (κ2) is 12.8. The highest BCUT2D eigenvalue weighted by molar-refractivity contribution is 6.05. The van der Waals surface area contributed by atoms with Crippen LogP contribution in [-0.2, 0) is 5.41 Å². The Bertz CT molecular complexity index is 2850. The van der Waals surface area contributed by atoms with E-state index in [4.69, 9.17) is 0 Å². The summed E-state index contributed by atoms with van der Waals surface area (Å²) in [6.07, 6.45) is 0. The van der Waals surface area contributed by atoms with E-state index in [0.717, 1.165) is 17.1 Å². The van der Waals surface area contributed by atoms with Crippen LogP contribution in [0.5, 0.6) is 0 Å². The molecule has 54 heavy (non-hydrogen) atoms. The monoisotopic (exact) mass is 689 g/mol. The second-order valence-electron chi connectivity index (χ2n) is 14.9. The number of hydrogen-bond acceptors (Lipinski definition) is 1. The number of para-hydroxylation sites is 1. The number of fused-ring (bicyclic) bond motifs is 5. The minimum atomic E-state index is -0.0773. The van der Waals surface area contributed by atoms with Crippen molar-refractivity contribution in [2.24, 2.45) is 0 Å². The highest BCUT2D eigenvalue weighted by Gasteiger charge is 2.37. The van der Waals surface area contributed by atoms with Gasteiger partial charge in [0.25, 0.3) is 0 Å². The largest absolute Gasteiger partial charge is 0.310 e. The molecule has 1 heteroatoms. The molecule has 9 aromatic carbocycles. The molecule has 256 valence electrons. The summed E-state index contributed by atoms with van der Waals surface area (Å²) in [4.78, 5) is 2.44. The molecule has 0 aromatic heterocycles. The molecule has 0 saturated carbocycles. The van der Waals surface area contributed by atoms with E-state index in [0.29, 0.717) is 0 Å². The minimum absolute atomic E-state index is 0.0773. The number of anilines is 3. The van der Waals surface area contributed by atoms with Crippen LogP contribution in [0, 0.1) is 0 Å². The fraction of sp³-hybridized carbons (Fsp3) is 0.0566. The highest BCUT2D eigenvalue weighted by atomic mass is 15.1. The van der Waals surface area contributed by atoms with E-state index in [2.05, 4.69) is 219 Å². The molecule has 0 atom stereocenters. The quantitative estimate of drug-likeness (QED) is 0.168. The minimum Gasteiger partial charge on any atom is -0.310 e. The molecule has 1 aliphatic carbocycles. The first kappa shape index (κ1) is 32.0. The van der Waals surface area contributed by atoms with Crippen LogP contribution < -0.4 is 4.90 Å². The Labute approximate surface area is 317 Å². The Balaban J connectivity index is 1.17. The molecular formula is C53H39N. The summed E-state index contributed by atoms with van der Waals surface area (Å²) >= 11 is 0. The Kier molecular flexibility index (Phi) is 7.56. The van der Waals surface area contributed by atoms with Gasteiger partial charge in [0.15, 0.2) is 0 Å². The Hall–Kier alpha value is -6.70. The molecule has 0 N–H and O–H groups in total. The third kappa shape index (κ3) is 5.16. The average Bonchev–Trinajstić information content (AvgIpc) is 3.47. The van der Waals surface area contributed by atoms with E-state index in [1.165, 1.54) is 77.2 Å². The van der Waals surface area contributed by atoms with Crippen molar-refractivity contribution >= 4 is 38.6 Å². The molecule has 0 saturated heterocycles. The van der Waals surface area contributed by atoms with Crippen LogP contribution in [0.2, 0.25) is 0 Å². The van der Waals surface area contributed by atoms with Crippen molar-refractivity contribution in [1.29, 1.82) is 0 Å². The Morgan fingerprint density at radius 3 is 1.80 bits per heavy atom. The summed E-state index contributed by atoms with van der Waals surface area (Å²) in [5.41, 5.74) is 16.1. The van der Waals surface area contributed by atoms with Gasteiger partial charge in [-0.25, -0.2) is 0 Å². The van der Waals surface area contributed by atoms with E-state index < -0.39 is 0 Å². The maximum Gasteiger partial charge on any atom is 0.0540 e. The first-order valence-corrected chi connectivity index (χ1v) is 18.9. The molecular weight excluding hydrogens is 651 g/mol. The number of rotatable bonds is 6. The third-order valence-corrected chi connectivity index (χ3v) is 11.5. The molecule has 0 fully saturated rings. The molecule has 0 bridgehead atoms. The van der Waals surface area contributed by atoms with Crippen molar-refractivity contribution in [3.05, 3.63) is 211 Å². The van der Waals surface area contributed by atoms with Gasteiger partial charge in [0.2, 0.25) is 0 Å². The van der Waals surface area contributed by atoms with E-state index in [1.807, 2.05) is 0 Å². The van der Waals surface area contributed by atoms with Gasteiger partial charge in [0.05, 0.1) is 5.69 Å². The zero-order valence-corrected chi connectivity index (χ0v) is 30.5. The second-order valence-corrected chi connectivity index (χ2v) is 14.9. The zero-order chi connectivity index (χ0) is 36.2. The van der Waals surface area contributed by atoms with Gasteiger partial charge in [0, 0.05) is 22.4 Å². The number of hydrogen-bond donors (Lipinski definition) is 0. The molecule has 0 spiro atoms. The lowest BCUT2D eigenvalue weighted by molar-refractivity contribution is 0.660. The summed E-state index contributed by atoms with van der Waals surface area (Å²) in [6.45, 7) is 4.71. The lowest BCUT2D eigenvalue weighted by Crippen LogP contribution is -2.14. The molecule has 0 radical (unpaired) electrons. The first-order valence-electron chi connectivity index (χ1n) is 18.9. The molecule has 9 aromatic rings. The predicted octanol–water partition coefficient (Wildman–Crippen LogP) is 14.8. The fourth-order valence-corrected chi connectivity index (χ4v) is 8.84. The van der Waals surface area contributed by atoms with Crippen LogP contribution in [0.25, 0.3) is 66.1 Å². The smallest absolute Gasteiger partial charge is 0.0540 e. The normalized spacial score (nSPS) is 12.8. The van der Waals surface area contributed by atoms with Gasteiger partial charge in [0.1, 0.15) is 0 Å². The van der Waals surface area contributed by atoms with Crippen LogP contribution in [0.15, 0.2) is 200 Å². The van der Waals surface area contributed by atoms with Gasteiger partial charge in [-0.15, -0.1) is 0 Å². The summed E-state index contributed by atoms with van der Waals surface area (Å²) in [7, 11) is 0. The summed E-state index contributed by atoms with van der Waals surface area (Å²) in [5.74, 6) is 0. The van der Waals surface area contributed by atoms with Gasteiger partial charge in [-0.1, -0.05) is 184 Å². The van der Waals surface area contributed by atoms with Gasteiger partial charge in [-0.2, -0.15) is 0 Å². The molecule has 0 amide bonds. The van der Waals surface area contributed by atoms with Gasteiger partial charge >= 0.3 is 0 Å². The van der Waals surface area contributed by atoms with Gasteiger partial charge < -0.3 is 4.90 Å². The van der Waals surface area contributed by atoms with Crippen LogP contribution in [0.3, 0.4) is 0 Å². The maximum absolute atomic E-state index is 2.44. The predicted molar refractivity (Wildman–Crippen MR) is 230 cm³/mol. The fourth-order valence-electron chi connectivity index (χ4n) is 8.84. The molecule has 1 aliphatic rings. The Morgan fingerprint density at radius 1 is 0.352 bits per heavy atom. The van der Waals surface area contributed by atoms with Crippen LogP contribution >= 0.6 is 0 Å². The van der Waals surface area contributed by atoms with Crippen molar-refractivity contribution in [1.82, 2.24) is 0 Å².